The number of pyridine rings is 1. The molecule has 0 radical (unpaired) electrons. The van der Waals surface area contributed by atoms with E-state index in [2.05, 4.69) is 9.72 Å². The molecule has 1 aromatic heterocycles. The largest absolute Gasteiger partial charge is 0.469 e. The highest BCUT2D eigenvalue weighted by Crippen LogP contribution is 2.28. The molecule has 0 aliphatic carbocycles. The van der Waals surface area contributed by atoms with Gasteiger partial charge in [-0.05, 0) is 17.7 Å². The molecular weight excluding hydrogens is 292 g/mol. The highest BCUT2D eigenvalue weighted by molar-refractivity contribution is 6.30. The normalized spacial score (nSPS) is 9.76. The third kappa shape index (κ3) is 3.71. The van der Waals surface area contributed by atoms with Gasteiger partial charge in [0, 0.05) is 12.3 Å². The lowest BCUT2D eigenvalue weighted by Gasteiger charge is -2.08. The molecule has 1 heterocycles. The van der Waals surface area contributed by atoms with E-state index in [1.165, 1.54) is 13.3 Å². The van der Waals surface area contributed by atoms with E-state index in [1.807, 2.05) is 6.07 Å². The monoisotopic (exact) mass is 302 g/mol. The SMILES string of the molecule is COC(=O)Cc1ccc(Oc2ccnc(Cl)c2C#N)cc1. The summed E-state index contributed by atoms with van der Waals surface area (Å²) in [5, 5.41) is 9.14. The van der Waals surface area contributed by atoms with Gasteiger partial charge in [-0.3, -0.25) is 4.79 Å². The van der Waals surface area contributed by atoms with Crippen molar-refractivity contribution in [3.05, 3.63) is 52.8 Å². The molecule has 0 bridgehead atoms. The highest BCUT2D eigenvalue weighted by atomic mass is 35.5. The third-order valence-electron chi connectivity index (χ3n) is 2.71. The maximum Gasteiger partial charge on any atom is 0.309 e. The van der Waals surface area contributed by atoms with Crippen molar-refractivity contribution >= 4 is 17.6 Å². The molecule has 21 heavy (non-hydrogen) atoms. The first-order valence-corrected chi connectivity index (χ1v) is 6.40. The molecule has 0 spiro atoms. The zero-order valence-electron chi connectivity index (χ0n) is 11.2. The van der Waals surface area contributed by atoms with Crippen molar-refractivity contribution in [1.29, 1.82) is 5.26 Å². The molecule has 106 valence electrons. The first kappa shape index (κ1) is 14.8. The fourth-order valence-electron chi connectivity index (χ4n) is 1.65. The van der Waals surface area contributed by atoms with Crippen LogP contribution < -0.4 is 4.74 Å². The number of carbonyl (C=O) groups excluding carboxylic acids is 1. The Labute approximate surface area is 126 Å². The number of halogens is 1. The van der Waals surface area contributed by atoms with Gasteiger partial charge in [-0.25, -0.2) is 4.98 Å². The lowest BCUT2D eigenvalue weighted by molar-refractivity contribution is -0.139. The number of nitrogens with zero attached hydrogens (tertiary/aromatic N) is 2. The first-order valence-electron chi connectivity index (χ1n) is 6.02. The molecule has 0 unspecified atom stereocenters. The van der Waals surface area contributed by atoms with Crippen molar-refractivity contribution in [3.63, 3.8) is 0 Å². The van der Waals surface area contributed by atoms with Crippen LogP contribution in [0.5, 0.6) is 11.5 Å². The number of hydrogen-bond donors (Lipinski definition) is 0. The van der Waals surface area contributed by atoms with Crippen LogP contribution in [0, 0.1) is 11.3 Å². The summed E-state index contributed by atoms with van der Waals surface area (Å²) in [5.74, 6) is 0.553. The standard InChI is InChI=1S/C15H11ClN2O3/c1-20-14(19)8-10-2-4-11(5-3-10)21-13-6-7-18-15(16)12(13)9-17/h2-7H,8H2,1H3. The van der Waals surface area contributed by atoms with Gasteiger partial charge in [-0.15, -0.1) is 0 Å². The van der Waals surface area contributed by atoms with Gasteiger partial charge >= 0.3 is 5.97 Å². The van der Waals surface area contributed by atoms with E-state index >= 15 is 0 Å². The zero-order valence-corrected chi connectivity index (χ0v) is 11.9. The number of hydrogen-bond acceptors (Lipinski definition) is 5. The first-order chi connectivity index (χ1) is 10.1. The molecule has 0 aliphatic heterocycles. The quantitative estimate of drug-likeness (QED) is 0.641. The van der Waals surface area contributed by atoms with E-state index < -0.39 is 0 Å². The second-order valence-electron chi connectivity index (χ2n) is 4.09. The summed E-state index contributed by atoms with van der Waals surface area (Å²) in [4.78, 5) is 15.0. The summed E-state index contributed by atoms with van der Waals surface area (Å²) in [5.41, 5.74) is 0.986. The molecule has 0 amide bonds. The Kier molecular flexibility index (Phi) is 4.75. The van der Waals surface area contributed by atoms with Crippen LogP contribution in [0.4, 0.5) is 0 Å². The number of nitriles is 1. The molecular formula is C15H11ClN2O3. The molecule has 0 fully saturated rings. The molecule has 6 heteroatoms. The Balaban J connectivity index is 2.16. The van der Waals surface area contributed by atoms with Gasteiger partial charge in [0.25, 0.3) is 0 Å². The number of aromatic nitrogens is 1. The predicted molar refractivity (Wildman–Crippen MR) is 76.2 cm³/mol. The molecule has 1 aromatic carbocycles. The van der Waals surface area contributed by atoms with Crippen LogP contribution >= 0.6 is 11.6 Å². The minimum absolute atomic E-state index is 0.0947. The van der Waals surface area contributed by atoms with Crippen LogP contribution in [0.3, 0.4) is 0 Å². The Hall–Kier alpha value is -2.58. The van der Waals surface area contributed by atoms with Gasteiger partial charge in [0.15, 0.2) is 5.15 Å². The smallest absolute Gasteiger partial charge is 0.309 e. The van der Waals surface area contributed by atoms with Crippen LogP contribution in [0.15, 0.2) is 36.5 Å². The predicted octanol–water partition coefficient (Wildman–Crippen LogP) is 3.11. The number of esters is 1. The van der Waals surface area contributed by atoms with E-state index in [9.17, 15) is 4.79 Å². The Morgan fingerprint density at radius 2 is 2.05 bits per heavy atom. The van der Waals surface area contributed by atoms with Crippen LogP contribution in [0.2, 0.25) is 5.15 Å². The number of carbonyl (C=O) groups is 1. The maximum absolute atomic E-state index is 11.2. The summed E-state index contributed by atoms with van der Waals surface area (Å²) in [6.07, 6.45) is 1.66. The lowest BCUT2D eigenvalue weighted by atomic mass is 10.1. The fourth-order valence-corrected chi connectivity index (χ4v) is 1.84. The van der Waals surface area contributed by atoms with Crippen molar-refractivity contribution < 1.29 is 14.3 Å². The maximum atomic E-state index is 11.2. The van der Waals surface area contributed by atoms with Gasteiger partial charge < -0.3 is 9.47 Å². The van der Waals surface area contributed by atoms with Gasteiger partial charge in [0.1, 0.15) is 23.1 Å². The molecule has 2 aromatic rings. The second kappa shape index (κ2) is 6.73. The van der Waals surface area contributed by atoms with E-state index in [-0.39, 0.29) is 23.1 Å². The molecule has 0 saturated carbocycles. The molecule has 0 aliphatic rings. The molecule has 0 atom stereocenters. The summed E-state index contributed by atoms with van der Waals surface area (Å²) in [7, 11) is 1.34. The van der Waals surface area contributed by atoms with Crippen molar-refractivity contribution in [1.82, 2.24) is 4.98 Å². The minimum Gasteiger partial charge on any atom is -0.469 e. The second-order valence-corrected chi connectivity index (χ2v) is 4.44. The topological polar surface area (TPSA) is 72.2 Å². The number of benzene rings is 1. The molecule has 5 nitrogen and oxygen atoms in total. The molecule has 0 saturated heterocycles. The van der Waals surface area contributed by atoms with E-state index in [1.54, 1.807) is 30.3 Å². The highest BCUT2D eigenvalue weighted by Gasteiger charge is 2.10. The Bertz CT molecular complexity index is 693. The zero-order chi connectivity index (χ0) is 15.2. The lowest BCUT2D eigenvalue weighted by Crippen LogP contribution is -2.04. The number of methoxy groups -OCH3 is 1. The van der Waals surface area contributed by atoms with Gasteiger partial charge in [-0.1, -0.05) is 23.7 Å². The van der Waals surface area contributed by atoms with Crippen molar-refractivity contribution in [2.75, 3.05) is 7.11 Å². The van der Waals surface area contributed by atoms with E-state index in [0.29, 0.717) is 11.5 Å². The summed E-state index contributed by atoms with van der Waals surface area (Å²) in [6, 6.07) is 10.4. The molecule has 0 N–H and O–H groups in total. The van der Waals surface area contributed by atoms with Crippen LogP contribution in [-0.4, -0.2) is 18.1 Å². The Morgan fingerprint density at radius 3 is 2.67 bits per heavy atom. The van der Waals surface area contributed by atoms with Crippen molar-refractivity contribution in [3.8, 4) is 17.6 Å². The fraction of sp³-hybridized carbons (Fsp3) is 0.133. The van der Waals surface area contributed by atoms with Gasteiger partial charge in [0.05, 0.1) is 13.5 Å². The average molecular weight is 303 g/mol. The average Bonchev–Trinajstić information content (AvgIpc) is 2.49. The third-order valence-corrected chi connectivity index (χ3v) is 2.99. The van der Waals surface area contributed by atoms with Crippen LogP contribution in [0.1, 0.15) is 11.1 Å². The van der Waals surface area contributed by atoms with Crippen LogP contribution in [-0.2, 0) is 16.0 Å². The number of ether oxygens (including phenoxy) is 2. The van der Waals surface area contributed by atoms with Crippen molar-refractivity contribution in [2.45, 2.75) is 6.42 Å². The summed E-state index contributed by atoms with van der Waals surface area (Å²) < 4.78 is 10.2. The van der Waals surface area contributed by atoms with Gasteiger partial charge in [-0.2, -0.15) is 5.26 Å². The van der Waals surface area contributed by atoms with Gasteiger partial charge in [0.2, 0.25) is 0 Å². The Morgan fingerprint density at radius 1 is 1.33 bits per heavy atom. The van der Waals surface area contributed by atoms with E-state index in [4.69, 9.17) is 21.6 Å². The van der Waals surface area contributed by atoms with Crippen LogP contribution in [0.25, 0.3) is 0 Å². The van der Waals surface area contributed by atoms with Crippen molar-refractivity contribution in [2.24, 2.45) is 0 Å². The number of rotatable bonds is 4. The summed E-state index contributed by atoms with van der Waals surface area (Å²) in [6.45, 7) is 0. The molecule has 2 rings (SSSR count). The minimum atomic E-state index is -0.309. The summed E-state index contributed by atoms with van der Waals surface area (Å²) >= 11 is 5.83. The van der Waals surface area contributed by atoms with E-state index in [0.717, 1.165) is 5.56 Å².